The lowest BCUT2D eigenvalue weighted by Gasteiger charge is -2.19. The molecule has 0 unspecified atom stereocenters. The van der Waals surface area contributed by atoms with Crippen molar-refractivity contribution >= 4 is 11.4 Å². The summed E-state index contributed by atoms with van der Waals surface area (Å²) in [5, 5.41) is 0. The first kappa shape index (κ1) is 24.9. The molecule has 3 rings (SSSR count). The van der Waals surface area contributed by atoms with Crippen molar-refractivity contribution in [2.75, 3.05) is 11.5 Å². The summed E-state index contributed by atoms with van der Waals surface area (Å²) < 4.78 is 130. The predicted molar refractivity (Wildman–Crippen MR) is 103 cm³/mol. The number of hydrogen-bond donors (Lipinski definition) is 2. The van der Waals surface area contributed by atoms with Crippen molar-refractivity contribution in [3.8, 4) is 23.0 Å². The maximum absolute atomic E-state index is 13.4. The first-order valence-corrected chi connectivity index (χ1v) is 9.06. The van der Waals surface area contributed by atoms with Gasteiger partial charge in [0.2, 0.25) is 0 Å². The summed E-state index contributed by atoms with van der Waals surface area (Å²) in [4.78, 5) is 0. The van der Waals surface area contributed by atoms with Crippen LogP contribution in [0.1, 0.15) is 16.7 Å². The summed E-state index contributed by atoms with van der Waals surface area (Å²) in [5.74, 6) is -3.42. The van der Waals surface area contributed by atoms with Crippen LogP contribution in [0.3, 0.4) is 0 Å². The monoisotopic (exact) mass is 496 g/mol. The molecule has 3 aromatic carbocycles. The van der Waals surface area contributed by atoms with E-state index in [9.17, 15) is 39.5 Å². The molecule has 13 heteroatoms. The molecule has 0 aliphatic heterocycles. The Balaban J connectivity index is 2.11. The van der Waals surface area contributed by atoms with Gasteiger partial charge in [0.1, 0.15) is 34.1 Å². The molecule has 0 saturated carbocycles. The highest BCUT2D eigenvalue weighted by Gasteiger charge is 2.39. The number of hydrogen-bond acceptors (Lipinski definition) is 4. The molecule has 4 N–H and O–H groups in total. The normalized spacial score (nSPS) is 12.5. The topological polar surface area (TPSA) is 70.5 Å². The first-order valence-electron chi connectivity index (χ1n) is 9.06. The summed E-state index contributed by atoms with van der Waals surface area (Å²) >= 11 is 0. The number of rotatable bonds is 4. The molecule has 0 aromatic heterocycles. The molecule has 182 valence electrons. The smallest absolute Gasteiger partial charge is 0.421 e. The van der Waals surface area contributed by atoms with Gasteiger partial charge in [-0.2, -0.15) is 39.5 Å². The summed E-state index contributed by atoms with van der Waals surface area (Å²) in [6, 6.07) is 7.03. The van der Waals surface area contributed by atoms with Gasteiger partial charge < -0.3 is 20.9 Å². The van der Waals surface area contributed by atoms with E-state index in [1.807, 2.05) is 0 Å². The fourth-order valence-electron chi connectivity index (χ4n) is 2.98. The van der Waals surface area contributed by atoms with Crippen LogP contribution in [0.5, 0.6) is 23.0 Å². The third-order valence-corrected chi connectivity index (χ3v) is 4.35. The third kappa shape index (κ3) is 5.41. The molecule has 0 aliphatic rings. The largest absolute Gasteiger partial charge is 0.456 e. The quantitative estimate of drug-likeness (QED) is 0.290. The van der Waals surface area contributed by atoms with Gasteiger partial charge in [0.15, 0.2) is 0 Å². The van der Waals surface area contributed by atoms with Crippen LogP contribution in [0, 0.1) is 0 Å². The van der Waals surface area contributed by atoms with Gasteiger partial charge in [0.05, 0.1) is 5.56 Å². The second-order valence-electron chi connectivity index (χ2n) is 6.83. The average Bonchev–Trinajstić information content (AvgIpc) is 2.65. The Morgan fingerprint density at radius 2 is 0.912 bits per heavy atom. The van der Waals surface area contributed by atoms with Crippen molar-refractivity contribution < 1.29 is 49.0 Å². The molecule has 0 bridgehead atoms. The van der Waals surface area contributed by atoms with Crippen molar-refractivity contribution in [2.24, 2.45) is 0 Å². The number of nitrogen functional groups attached to an aromatic ring is 2. The van der Waals surface area contributed by atoms with E-state index in [-0.39, 0.29) is 0 Å². The van der Waals surface area contributed by atoms with Gasteiger partial charge in [-0.1, -0.05) is 12.1 Å². The molecule has 0 spiro atoms. The number of anilines is 2. The van der Waals surface area contributed by atoms with Gasteiger partial charge in [0.25, 0.3) is 0 Å². The Morgan fingerprint density at radius 1 is 0.529 bits per heavy atom. The van der Waals surface area contributed by atoms with Gasteiger partial charge in [-0.15, -0.1) is 0 Å². The van der Waals surface area contributed by atoms with E-state index in [1.165, 1.54) is 0 Å². The minimum Gasteiger partial charge on any atom is -0.456 e. The van der Waals surface area contributed by atoms with Crippen molar-refractivity contribution in [1.29, 1.82) is 0 Å². The van der Waals surface area contributed by atoms with Crippen molar-refractivity contribution in [3.05, 3.63) is 71.3 Å². The highest BCUT2D eigenvalue weighted by Crippen LogP contribution is 2.45. The molecule has 4 nitrogen and oxygen atoms in total. The van der Waals surface area contributed by atoms with Crippen molar-refractivity contribution in [2.45, 2.75) is 18.5 Å². The van der Waals surface area contributed by atoms with Crippen LogP contribution in [0.2, 0.25) is 0 Å². The van der Waals surface area contributed by atoms with E-state index in [0.717, 1.165) is 36.4 Å². The molecular formula is C21H13F9N2O2. The fourth-order valence-corrected chi connectivity index (χ4v) is 2.98. The van der Waals surface area contributed by atoms with E-state index < -0.39 is 69.6 Å². The molecule has 34 heavy (non-hydrogen) atoms. The highest BCUT2D eigenvalue weighted by atomic mass is 19.4. The first-order chi connectivity index (χ1) is 15.6. The number of halogens is 9. The van der Waals surface area contributed by atoms with Gasteiger partial charge in [-0.05, 0) is 36.4 Å². The zero-order valence-corrected chi connectivity index (χ0v) is 16.6. The number of alkyl halides is 9. The van der Waals surface area contributed by atoms with Crippen LogP contribution in [-0.4, -0.2) is 0 Å². The Labute approximate surface area is 185 Å². The van der Waals surface area contributed by atoms with E-state index in [2.05, 4.69) is 0 Å². The minimum absolute atomic E-state index is 0.361. The number of benzene rings is 3. The highest BCUT2D eigenvalue weighted by molar-refractivity contribution is 5.59. The maximum Gasteiger partial charge on any atom is 0.421 e. The second-order valence-corrected chi connectivity index (χ2v) is 6.83. The summed E-state index contributed by atoms with van der Waals surface area (Å²) in [6.45, 7) is 0. The zero-order valence-electron chi connectivity index (χ0n) is 16.6. The van der Waals surface area contributed by atoms with Gasteiger partial charge in [0, 0.05) is 17.4 Å². The van der Waals surface area contributed by atoms with Crippen LogP contribution in [0.4, 0.5) is 50.9 Å². The minimum atomic E-state index is -5.04. The lowest BCUT2D eigenvalue weighted by molar-refractivity contribution is -0.139. The second kappa shape index (κ2) is 8.54. The third-order valence-electron chi connectivity index (χ3n) is 4.35. The summed E-state index contributed by atoms with van der Waals surface area (Å²) in [6.07, 6.45) is -15.1. The van der Waals surface area contributed by atoms with Crippen LogP contribution in [0.25, 0.3) is 0 Å². The van der Waals surface area contributed by atoms with Crippen molar-refractivity contribution in [1.82, 2.24) is 0 Å². The predicted octanol–water partition coefficient (Wildman–Crippen LogP) is 7.49. The molecule has 0 aliphatic carbocycles. The fraction of sp³-hybridized carbons (Fsp3) is 0.143. The maximum atomic E-state index is 13.4. The molecule has 3 aromatic rings. The molecule has 0 heterocycles. The lowest BCUT2D eigenvalue weighted by Crippen LogP contribution is -2.11. The molecular weight excluding hydrogens is 483 g/mol. The van der Waals surface area contributed by atoms with Crippen LogP contribution < -0.4 is 20.9 Å². The summed E-state index contributed by atoms with van der Waals surface area (Å²) in [5.41, 5.74) is 4.86. The standard InChI is InChI=1S/C21H13F9N2O2/c22-19(23,24)10-7-11(33-15-5-1-3-13(31)17(15)20(25,26)27)9-12(8-10)34-16-6-2-4-14(32)18(16)21(28,29)30/h1-9H,31-32H2. The Hall–Kier alpha value is -3.77. The average molecular weight is 496 g/mol. The Kier molecular flexibility index (Phi) is 6.24. The molecule has 0 fully saturated rings. The Morgan fingerprint density at radius 3 is 1.24 bits per heavy atom. The van der Waals surface area contributed by atoms with Crippen LogP contribution in [-0.2, 0) is 18.5 Å². The summed E-state index contributed by atoms with van der Waals surface area (Å²) in [7, 11) is 0. The molecule has 0 saturated heterocycles. The zero-order chi connectivity index (χ0) is 25.5. The van der Waals surface area contributed by atoms with E-state index >= 15 is 0 Å². The number of ether oxygens (including phenoxy) is 2. The van der Waals surface area contributed by atoms with Gasteiger partial charge in [-0.3, -0.25) is 0 Å². The van der Waals surface area contributed by atoms with E-state index in [1.54, 1.807) is 0 Å². The van der Waals surface area contributed by atoms with Gasteiger partial charge >= 0.3 is 18.5 Å². The SMILES string of the molecule is Nc1cccc(Oc2cc(Oc3cccc(N)c3C(F)(F)F)cc(C(F)(F)F)c2)c1C(F)(F)F. The van der Waals surface area contributed by atoms with E-state index in [0.29, 0.717) is 18.2 Å². The number of nitrogens with two attached hydrogens (primary N) is 2. The lowest BCUT2D eigenvalue weighted by atomic mass is 10.1. The van der Waals surface area contributed by atoms with Gasteiger partial charge in [-0.25, -0.2) is 0 Å². The molecule has 0 radical (unpaired) electrons. The molecule has 0 amide bonds. The van der Waals surface area contributed by atoms with Crippen LogP contribution in [0.15, 0.2) is 54.6 Å². The van der Waals surface area contributed by atoms with Crippen molar-refractivity contribution in [3.63, 3.8) is 0 Å². The molecule has 0 atom stereocenters. The van der Waals surface area contributed by atoms with Crippen LogP contribution >= 0.6 is 0 Å². The Bertz CT molecular complexity index is 1120. The van der Waals surface area contributed by atoms with E-state index in [4.69, 9.17) is 20.9 Å².